The molecular weight excluding hydrogens is 566 g/mol. The highest BCUT2D eigenvalue weighted by molar-refractivity contribution is 9.10. The molecule has 4 amide bonds. The Balaban J connectivity index is 1.45. The molecule has 2 aromatic carbocycles. The van der Waals surface area contributed by atoms with Gasteiger partial charge in [0.2, 0.25) is 5.91 Å². The predicted octanol–water partition coefficient (Wildman–Crippen LogP) is 3.28. The minimum atomic E-state index is -4.89. The number of benzene rings is 2. The fourth-order valence-electron chi connectivity index (χ4n) is 4.86. The number of carbonyl (C=O) groups excluding carboxylic acids is 4. The van der Waals surface area contributed by atoms with Crippen LogP contribution in [0.5, 0.6) is 0 Å². The van der Waals surface area contributed by atoms with Crippen molar-refractivity contribution in [1.29, 1.82) is 0 Å². The van der Waals surface area contributed by atoms with E-state index in [0.717, 1.165) is 12.1 Å². The number of alkyl halides is 3. The van der Waals surface area contributed by atoms with E-state index in [4.69, 9.17) is 4.74 Å². The van der Waals surface area contributed by atoms with Crippen molar-refractivity contribution in [3.63, 3.8) is 0 Å². The zero-order valence-corrected chi connectivity index (χ0v) is 20.5. The molecule has 1 spiro atoms. The molecule has 0 saturated carbocycles. The molecule has 1 atom stereocenters. The average Bonchev–Trinajstić information content (AvgIpc) is 3.19. The molecule has 2 aromatic rings. The number of ketones is 1. The van der Waals surface area contributed by atoms with Crippen molar-refractivity contribution in [3.05, 3.63) is 69.4 Å². The Labute approximate surface area is 215 Å². The normalized spacial score (nSPS) is 22.2. The highest BCUT2D eigenvalue weighted by atomic mass is 79.9. The molecule has 37 heavy (non-hydrogen) atoms. The number of nitrogens with one attached hydrogen (secondary N) is 1. The molecule has 8 nitrogen and oxygen atoms in total. The first-order chi connectivity index (χ1) is 17.4. The molecule has 3 aliphatic rings. The Morgan fingerprint density at radius 2 is 1.78 bits per heavy atom. The number of amides is 4. The van der Waals surface area contributed by atoms with Crippen LogP contribution in [0.2, 0.25) is 0 Å². The largest absolute Gasteiger partial charge is 0.416 e. The predicted molar refractivity (Wildman–Crippen MR) is 122 cm³/mol. The third-order valence-electron chi connectivity index (χ3n) is 6.92. The molecule has 194 valence electrons. The van der Waals surface area contributed by atoms with E-state index in [1.54, 1.807) is 6.07 Å². The lowest BCUT2D eigenvalue weighted by Gasteiger charge is -2.50. The Morgan fingerprint density at radius 3 is 2.38 bits per heavy atom. The fourth-order valence-corrected chi connectivity index (χ4v) is 5.22. The third-order valence-corrected chi connectivity index (χ3v) is 7.41. The van der Waals surface area contributed by atoms with E-state index in [9.17, 15) is 36.7 Å². The summed E-state index contributed by atoms with van der Waals surface area (Å²) in [5.74, 6) is -3.08. The average molecular weight is 584 g/mol. The topological polar surface area (TPSA) is 96.0 Å². The molecule has 5 rings (SSSR count). The number of urea groups is 1. The van der Waals surface area contributed by atoms with Crippen LogP contribution in [0, 0.1) is 5.82 Å². The number of hydrogen-bond donors (Lipinski definition) is 1. The molecule has 2 aliphatic heterocycles. The Bertz CT molecular complexity index is 1330. The lowest BCUT2D eigenvalue weighted by atomic mass is 9.91. The number of fused-ring (bicyclic) bond motifs is 2. The maximum absolute atomic E-state index is 14.1. The lowest BCUT2D eigenvalue weighted by Crippen LogP contribution is -2.72. The van der Waals surface area contributed by atoms with Gasteiger partial charge in [-0.15, -0.1) is 0 Å². The van der Waals surface area contributed by atoms with Crippen molar-refractivity contribution in [2.24, 2.45) is 0 Å². The number of carbonyl (C=O) groups is 4. The Morgan fingerprint density at radius 1 is 1.11 bits per heavy atom. The van der Waals surface area contributed by atoms with E-state index in [-0.39, 0.29) is 23.1 Å². The van der Waals surface area contributed by atoms with Crippen LogP contribution in [-0.2, 0) is 26.4 Å². The van der Waals surface area contributed by atoms with E-state index in [1.807, 2.05) is 0 Å². The lowest BCUT2D eigenvalue weighted by molar-refractivity contribution is -0.302. The molecule has 1 aliphatic carbocycles. The SMILES string of the molecule is O=C1C[C@]2(NC(=O)N(CC(=O)N(Cc3ccc(F)cc3)C3(C(F)(F)F)COC3)C2=O)c2ccc(Br)cc21. The zero-order chi connectivity index (χ0) is 26.8. The molecule has 0 unspecified atom stereocenters. The van der Waals surface area contributed by atoms with Crippen LogP contribution in [-0.4, -0.2) is 64.9 Å². The second kappa shape index (κ2) is 8.62. The zero-order valence-electron chi connectivity index (χ0n) is 18.9. The van der Waals surface area contributed by atoms with E-state index in [0.29, 0.717) is 14.3 Å². The number of rotatable bonds is 5. The minimum absolute atomic E-state index is 0.208. The maximum Gasteiger partial charge on any atom is 0.416 e. The van der Waals surface area contributed by atoms with Gasteiger partial charge < -0.3 is 15.0 Å². The number of ether oxygens (including phenoxy) is 1. The van der Waals surface area contributed by atoms with Gasteiger partial charge in [0.15, 0.2) is 16.9 Å². The molecule has 2 saturated heterocycles. The van der Waals surface area contributed by atoms with Crippen molar-refractivity contribution < 1.29 is 41.5 Å². The Kier molecular flexibility index (Phi) is 5.90. The highest BCUT2D eigenvalue weighted by Crippen LogP contribution is 2.44. The van der Waals surface area contributed by atoms with Crippen LogP contribution in [0.15, 0.2) is 46.9 Å². The first-order valence-electron chi connectivity index (χ1n) is 11.0. The summed E-state index contributed by atoms with van der Waals surface area (Å²) in [5, 5.41) is 2.47. The summed E-state index contributed by atoms with van der Waals surface area (Å²) in [5.41, 5.74) is -3.75. The quantitative estimate of drug-likeness (QED) is 0.430. The number of imide groups is 1. The van der Waals surface area contributed by atoms with Crippen LogP contribution in [0.25, 0.3) is 0 Å². The van der Waals surface area contributed by atoms with Crippen LogP contribution in [0.4, 0.5) is 22.4 Å². The molecule has 2 heterocycles. The van der Waals surface area contributed by atoms with Crippen LogP contribution in [0.3, 0.4) is 0 Å². The van der Waals surface area contributed by atoms with Gasteiger partial charge in [-0.25, -0.2) is 9.18 Å². The second-order valence-electron chi connectivity index (χ2n) is 9.15. The minimum Gasteiger partial charge on any atom is -0.376 e. The molecule has 13 heteroatoms. The molecule has 0 radical (unpaired) electrons. The van der Waals surface area contributed by atoms with Crippen molar-refractivity contribution in [2.75, 3.05) is 19.8 Å². The first-order valence-corrected chi connectivity index (χ1v) is 11.8. The number of Topliss-reactive ketones (excluding diaryl/α,β-unsaturated/α-hetero) is 1. The summed E-state index contributed by atoms with van der Waals surface area (Å²) in [4.78, 5) is 53.3. The smallest absolute Gasteiger partial charge is 0.376 e. The monoisotopic (exact) mass is 583 g/mol. The van der Waals surface area contributed by atoms with Gasteiger partial charge in [0, 0.05) is 23.0 Å². The van der Waals surface area contributed by atoms with Gasteiger partial charge >= 0.3 is 12.2 Å². The van der Waals surface area contributed by atoms with Gasteiger partial charge in [-0.3, -0.25) is 19.3 Å². The van der Waals surface area contributed by atoms with Gasteiger partial charge in [-0.1, -0.05) is 34.1 Å². The molecular formula is C24H18BrF4N3O5. The molecule has 0 bridgehead atoms. The molecule has 0 aromatic heterocycles. The molecule has 2 fully saturated rings. The van der Waals surface area contributed by atoms with Gasteiger partial charge in [0.1, 0.15) is 12.4 Å². The van der Waals surface area contributed by atoms with Gasteiger partial charge in [-0.05, 0) is 35.4 Å². The van der Waals surface area contributed by atoms with Gasteiger partial charge in [-0.2, -0.15) is 13.2 Å². The van der Waals surface area contributed by atoms with E-state index >= 15 is 0 Å². The summed E-state index contributed by atoms with van der Waals surface area (Å²) in [7, 11) is 0. The highest BCUT2D eigenvalue weighted by Gasteiger charge is 2.65. The summed E-state index contributed by atoms with van der Waals surface area (Å²) >= 11 is 3.25. The fraction of sp³-hybridized carbons (Fsp3) is 0.333. The Hall–Kier alpha value is -3.32. The van der Waals surface area contributed by atoms with Gasteiger partial charge in [0.25, 0.3) is 5.91 Å². The van der Waals surface area contributed by atoms with E-state index in [1.165, 1.54) is 24.3 Å². The third kappa shape index (κ3) is 3.91. The first kappa shape index (κ1) is 25.3. The van der Waals surface area contributed by atoms with Crippen LogP contribution < -0.4 is 5.32 Å². The van der Waals surface area contributed by atoms with E-state index in [2.05, 4.69) is 21.2 Å². The molecule has 1 N–H and O–H groups in total. The summed E-state index contributed by atoms with van der Waals surface area (Å²) in [6.07, 6.45) is -5.27. The summed E-state index contributed by atoms with van der Waals surface area (Å²) in [6.45, 7) is -3.22. The van der Waals surface area contributed by atoms with Crippen molar-refractivity contribution in [3.8, 4) is 0 Å². The number of nitrogens with zero attached hydrogens (tertiary/aromatic N) is 2. The van der Waals surface area contributed by atoms with Crippen LogP contribution in [0.1, 0.15) is 27.9 Å². The van der Waals surface area contributed by atoms with Crippen molar-refractivity contribution in [1.82, 2.24) is 15.1 Å². The number of halogens is 5. The standard InChI is InChI=1S/C24H18BrF4N3O5/c25-14-3-6-17-16(7-14)18(33)8-23(17)20(35)31(21(36)30-23)10-19(34)32(9-13-1-4-15(26)5-2-13)22(11-37-12-22)24(27,28)29/h1-7H,8-12H2,(H,30,36)/t23-/m0/s1. The van der Waals surface area contributed by atoms with Crippen LogP contribution >= 0.6 is 15.9 Å². The van der Waals surface area contributed by atoms with Gasteiger partial charge in [0.05, 0.1) is 13.2 Å². The second-order valence-corrected chi connectivity index (χ2v) is 10.1. The van der Waals surface area contributed by atoms with Crippen molar-refractivity contribution in [2.45, 2.75) is 30.2 Å². The number of hydrogen-bond acceptors (Lipinski definition) is 5. The van der Waals surface area contributed by atoms with Crippen molar-refractivity contribution >= 4 is 39.6 Å². The summed E-state index contributed by atoms with van der Waals surface area (Å²) < 4.78 is 61.2. The maximum atomic E-state index is 14.1. The summed E-state index contributed by atoms with van der Waals surface area (Å²) in [6, 6.07) is 8.15. The van der Waals surface area contributed by atoms with E-state index < -0.39 is 73.0 Å².